The topological polar surface area (TPSA) is 87.7 Å². The normalized spacial score (nSPS) is 13.9. The molecule has 0 fully saturated rings. The average Bonchev–Trinajstić information content (AvgIpc) is 2.84. The third-order valence-corrected chi connectivity index (χ3v) is 7.04. The van der Waals surface area contributed by atoms with E-state index in [4.69, 9.17) is 4.74 Å². The first-order valence-corrected chi connectivity index (χ1v) is 15.4. The highest BCUT2D eigenvalue weighted by Gasteiger charge is 2.38. The van der Waals surface area contributed by atoms with Gasteiger partial charge in [0.05, 0.1) is 0 Å². The number of alkyl carbamates (subject to hydrolysis) is 1. The van der Waals surface area contributed by atoms with Crippen LogP contribution in [0.3, 0.4) is 0 Å². The second-order valence-electron chi connectivity index (χ2n) is 12.6. The fourth-order valence-electron chi connectivity index (χ4n) is 4.89. The monoisotopic (exact) mass is 559 g/mol. The minimum Gasteiger partial charge on any atom is -0.444 e. The van der Waals surface area contributed by atoms with Crippen LogP contribution in [0.1, 0.15) is 129 Å². The summed E-state index contributed by atoms with van der Waals surface area (Å²) in [7, 11) is 0. The van der Waals surface area contributed by atoms with Gasteiger partial charge in [0.15, 0.2) is 0 Å². The number of nitrogens with one attached hydrogen (secondary N) is 2. The second kappa shape index (κ2) is 17.3. The van der Waals surface area contributed by atoms with Gasteiger partial charge in [-0.15, -0.1) is 0 Å². The van der Waals surface area contributed by atoms with Gasteiger partial charge in [-0.05, 0) is 71.4 Å². The first-order valence-electron chi connectivity index (χ1n) is 15.4. The van der Waals surface area contributed by atoms with Crippen LogP contribution < -0.4 is 10.6 Å². The van der Waals surface area contributed by atoms with Gasteiger partial charge in [-0.25, -0.2) is 4.79 Å². The first kappa shape index (κ1) is 35.5. The molecule has 3 unspecified atom stereocenters. The van der Waals surface area contributed by atoms with Crippen molar-refractivity contribution in [3.8, 4) is 0 Å². The van der Waals surface area contributed by atoms with Crippen LogP contribution in [0.5, 0.6) is 0 Å². The minimum absolute atomic E-state index is 0.0168. The molecule has 7 heteroatoms. The van der Waals surface area contributed by atoms with Crippen molar-refractivity contribution in [2.45, 2.75) is 144 Å². The van der Waals surface area contributed by atoms with E-state index in [0.29, 0.717) is 6.54 Å². The Labute approximate surface area is 244 Å². The summed E-state index contributed by atoms with van der Waals surface area (Å²) in [5, 5.41) is 5.99. The lowest BCUT2D eigenvalue weighted by Gasteiger charge is -2.36. The Kier molecular flexibility index (Phi) is 15.3. The van der Waals surface area contributed by atoms with Crippen molar-refractivity contribution >= 4 is 17.9 Å². The molecule has 1 aromatic rings. The number of benzene rings is 1. The molecule has 0 aromatic heterocycles. The van der Waals surface area contributed by atoms with Gasteiger partial charge >= 0.3 is 6.09 Å². The highest BCUT2D eigenvalue weighted by Crippen LogP contribution is 2.28. The van der Waals surface area contributed by atoms with Gasteiger partial charge in [-0.2, -0.15) is 0 Å². The summed E-state index contributed by atoms with van der Waals surface area (Å²) in [5.41, 5.74) is 2.11. The van der Waals surface area contributed by atoms with Gasteiger partial charge in [0.2, 0.25) is 11.8 Å². The number of unbranched alkanes of at least 4 members (excludes halogenated alkanes) is 5. The van der Waals surface area contributed by atoms with Crippen LogP contribution in [0.25, 0.3) is 0 Å². The zero-order valence-corrected chi connectivity index (χ0v) is 27.0. The summed E-state index contributed by atoms with van der Waals surface area (Å²) in [5.74, 6) is -0.652. The summed E-state index contributed by atoms with van der Waals surface area (Å²) >= 11 is 0. The predicted octanol–water partition coefficient (Wildman–Crippen LogP) is 7.39. The maximum Gasteiger partial charge on any atom is 0.408 e. The van der Waals surface area contributed by atoms with Gasteiger partial charge in [0.1, 0.15) is 17.7 Å². The van der Waals surface area contributed by atoms with Gasteiger partial charge in [-0.3, -0.25) is 9.59 Å². The fraction of sp³-hybridized carbons (Fsp3) is 0.727. The molecule has 0 saturated carbocycles. The molecule has 0 aliphatic carbocycles. The van der Waals surface area contributed by atoms with Crippen molar-refractivity contribution in [2.24, 2.45) is 5.92 Å². The molecule has 3 atom stereocenters. The quantitative estimate of drug-likeness (QED) is 0.207. The Hall–Kier alpha value is -2.57. The van der Waals surface area contributed by atoms with Crippen LogP contribution in [0, 0.1) is 19.8 Å². The molecule has 1 aromatic carbocycles. The Bertz CT molecular complexity index is 938. The summed E-state index contributed by atoms with van der Waals surface area (Å²) in [6, 6.07) is 4.39. The molecule has 2 N–H and O–H groups in total. The van der Waals surface area contributed by atoms with Gasteiger partial charge in [0, 0.05) is 12.6 Å². The predicted molar refractivity (Wildman–Crippen MR) is 164 cm³/mol. The van der Waals surface area contributed by atoms with Crippen molar-refractivity contribution in [3.63, 3.8) is 0 Å². The summed E-state index contributed by atoms with van der Waals surface area (Å²) in [6.07, 6.45) is 7.54. The Morgan fingerprint density at radius 1 is 0.900 bits per heavy atom. The number of rotatable bonds is 16. The molecular formula is C33H57N3O4. The molecule has 40 heavy (non-hydrogen) atoms. The van der Waals surface area contributed by atoms with E-state index < -0.39 is 23.8 Å². The average molecular weight is 560 g/mol. The lowest BCUT2D eigenvalue weighted by Crippen LogP contribution is -2.55. The van der Waals surface area contributed by atoms with Crippen molar-refractivity contribution < 1.29 is 19.1 Å². The zero-order chi connectivity index (χ0) is 30.5. The first-order chi connectivity index (χ1) is 18.7. The number of hydrogen-bond acceptors (Lipinski definition) is 4. The maximum absolute atomic E-state index is 14.4. The van der Waals surface area contributed by atoms with Gasteiger partial charge < -0.3 is 20.3 Å². The van der Waals surface area contributed by atoms with E-state index in [1.54, 1.807) is 25.7 Å². The smallest absolute Gasteiger partial charge is 0.408 e. The largest absolute Gasteiger partial charge is 0.444 e. The maximum atomic E-state index is 14.4. The van der Waals surface area contributed by atoms with Crippen LogP contribution in [0.2, 0.25) is 0 Å². The van der Waals surface area contributed by atoms with E-state index in [-0.39, 0.29) is 23.8 Å². The van der Waals surface area contributed by atoms with Gasteiger partial charge in [0.25, 0.3) is 0 Å². The summed E-state index contributed by atoms with van der Waals surface area (Å²) in [4.78, 5) is 42.8. The molecule has 3 amide bonds. The SMILES string of the molecule is CCCCCCCCN(C(=O)C(NC(=O)OC(C)(C)C)C(C)C)C(C(=O)NC(C)CCC)c1cc(C)ccc1C. The van der Waals surface area contributed by atoms with Crippen LogP contribution in [0.15, 0.2) is 18.2 Å². The number of ether oxygens (including phenoxy) is 1. The minimum atomic E-state index is -0.830. The number of carbonyl (C=O) groups excluding carboxylic acids is 3. The Morgan fingerprint density at radius 2 is 1.52 bits per heavy atom. The number of carbonyl (C=O) groups is 3. The van der Waals surface area contributed by atoms with Crippen molar-refractivity contribution in [2.75, 3.05) is 6.54 Å². The van der Waals surface area contributed by atoms with Gasteiger partial charge in [-0.1, -0.05) is 90.0 Å². The van der Waals surface area contributed by atoms with Crippen molar-refractivity contribution in [1.29, 1.82) is 0 Å². The number of nitrogens with zero attached hydrogens (tertiary/aromatic N) is 1. The van der Waals surface area contributed by atoms with Crippen LogP contribution in [-0.2, 0) is 14.3 Å². The molecule has 1 rings (SSSR count). The molecule has 0 saturated heterocycles. The van der Waals surface area contributed by atoms with E-state index in [9.17, 15) is 14.4 Å². The molecule has 0 heterocycles. The number of aryl methyl sites for hydroxylation is 2. The highest BCUT2D eigenvalue weighted by atomic mass is 16.6. The third-order valence-electron chi connectivity index (χ3n) is 7.04. The van der Waals surface area contributed by atoms with E-state index in [0.717, 1.165) is 55.2 Å². The lowest BCUT2D eigenvalue weighted by atomic mass is 9.94. The molecular weight excluding hydrogens is 502 g/mol. The second-order valence-corrected chi connectivity index (χ2v) is 12.6. The Balaban J connectivity index is 3.52. The number of amides is 3. The van der Waals surface area contributed by atoms with Crippen molar-refractivity contribution in [1.82, 2.24) is 15.5 Å². The lowest BCUT2D eigenvalue weighted by molar-refractivity contribution is -0.143. The molecule has 0 spiro atoms. The molecule has 0 aliphatic heterocycles. The fourth-order valence-corrected chi connectivity index (χ4v) is 4.89. The molecule has 0 bridgehead atoms. The molecule has 228 valence electrons. The van der Waals surface area contributed by atoms with E-state index in [1.807, 2.05) is 52.8 Å². The summed E-state index contributed by atoms with van der Waals surface area (Å²) in [6.45, 7) is 19.9. The number of hydrogen-bond donors (Lipinski definition) is 2. The molecule has 7 nitrogen and oxygen atoms in total. The zero-order valence-electron chi connectivity index (χ0n) is 27.0. The summed E-state index contributed by atoms with van der Waals surface area (Å²) < 4.78 is 5.49. The van der Waals surface area contributed by atoms with Crippen LogP contribution in [0.4, 0.5) is 4.79 Å². The van der Waals surface area contributed by atoms with E-state index in [2.05, 4.69) is 24.5 Å². The van der Waals surface area contributed by atoms with Crippen molar-refractivity contribution in [3.05, 3.63) is 34.9 Å². The Morgan fingerprint density at radius 3 is 2.10 bits per heavy atom. The third kappa shape index (κ3) is 12.3. The highest BCUT2D eigenvalue weighted by molar-refractivity contribution is 5.92. The standard InChI is InChI=1S/C33H57N3O4/c1-11-13-14-15-16-17-21-36(31(38)28(23(3)4)35-32(39)40-33(8,9)10)29(30(37)34-26(7)18-12-2)27-22-24(5)19-20-25(27)6/h19-20,22-23,26,28-29H,11-18,21H2,1-10H3,(H,34,37)(H,35,39). The molecule has 0 radical (unpaired) electrons. The van der Waals surface area contributed by atoms with Crippen LogP contribution in [-0.4, -0.2) is 47.0 Å². The van der Waals surface area contributed by atoms with Crippen LogP contribution >= 0.6 is 0 Å². The van der Waals surface area contributed by atoms with E-state index >= 15 is 0 Å². The van der Waals surface area contributed by atoms with E-state index in [1.165, 1.54) is 12.8 Å². The molecule has 0 aliphatic rings.